The van der Waals surface area contributed by atoms with Crippen molar-refractivity contribution in [1.82, 2.24) is 14.3 Å². The van der Waals surface area contributed by atoms with Crippen molar-refractivity contribution >= 4 is 21.8 Å². The Kier molecular flexibility index (Phi) is 6.11. The third-order valence-corrected chi connectivity index (χ3v) is 5.05. The van der Waals surface area contributed by atoms with Crippen LogP contribution in [0.2, 0.25) is 0 Å². The summed E-state index contributed by atoms with van der Waals surface area (Å²) in [6.07, 6.45) is -4.57. The summed E-state index contributed by atoms with van der Waals surface area (Å²) in [5.74, 6) is -0.716. The van der Waals surface area contributed by atoms with Gasteiger partial charge in [0, 0.05) is 20.1 Å². The summed E-state index contributed by atoms with van der Waals surface area (Å²) in [7, 11) is -1.36. The number of nitrogens with one attached hydrogen (secondary N) is 2. The van der Waals surface area contributed by atoms with Crippen LogP contribution in [0.1, 0.15) is 16.2 Å². The van der Waals surface area contributed by atoms with Gasteiger partial charge in [-0.3, -0.25) is 0 Å². The molecular formula is C15H17F3N4O4S. The lowest BCUT2D eigenvalue weighted by Gasteiger charge is -2.11. The zero-order valence-corrected chi connectivity index (χ0v) is 15.2. The van der Waals surface area contributed by atoms with Crippen molar-refractivity contribution in [2.45, 2.75) is 11.2 Å². The van der Waals surface area contributed by atoms with Crippen molar-refractivity contribution in [2.75, 3.05) is 25.5 Å². The number of rotatable bonds is 7. The minimum Gasteiger partial charge on any atom is -0.464 e. The molecule has 0 amide bonds. The minimum atomic E-state index is -4.57. The van der Waals surface area contributed by atoms with Crippen molar-refractivity contribution in [3.63, 3.8) is 0 Å². The first-order chi connectivity index (χ1) is 12.6. The average Bonchev–Trinajstić information content (AvgIpc) is 3.00. The third-order valence-electron chi connectivity index (χ3n) is 3.51. The molecule has 0 fully saturated rings. The normalized spacial score (nSPS) is 12.0. The van der Waals surface area contributed by atoms with Gasteiger partial charge in [0.15, 0.2) is 5.03 Å². The number of methoxy groups -OCH3 is 1. The molecular weight excluding hydrogens is 389 g/mol. The molecule has 0 saturated heterocycles. The highest BCUT2D eigenvalue weighted by molar-refractivity contribution is 7.89. The lowest BCUT2D eigenvalue weighted by Crippen LogP contribution is -2.30. The van der Waals surface area contributed by atoms with Crippen LogP contribution in [-0.2, 0) is 28.0 Å². The van der Waals surface area contributed by atoms with E-state index < -0.39 is 27.9 Å². The summed E-state index contributed by atoms with van der Waals surface area (Å²) in [5.41, 5.74) is -0.989. The number of alkyl halides is 3. The predicted octanol–water partition coefficient (Wildman–Crippen LogP) is 1.62. The number of sulfonamides is 1. The molecule has 148 valence electrons. The fourth-order valence-electron chi connectivity index (χ4n) is 2.21. The Morgan fingerprint density at radius 1 is 1.22 bits per heavy atom. The van der Waals surface area contributed by atoms with Gasteiger partial charge in [-0.1, -0.05) is 6.07 Å². The Labute approximate surface area is 153 Å². The molecule has 2 aromatic rings. The van der Waals surface area contributed by atoms with Crippen molar-refractivity contribution in [2.24, 2.45) is 7.05 Å². The van der Waals surface area contributed by atoms with Gasteiger partial charge in [0.1, 0.15) is 17.2 Å². The number of esters is 1. The summed E-state index contributed by atoms with van der Waals surface area (Å²) in [6, 6.07) is 5.92. The van der Waals surface area contributed by atoms with Gasteiger partial charge in [-0.25, -0.2) is 22.9 Å². The molecule has 12 heteroatoms. The highest BCUT2D eigenvalue weighted by Crippen LogP contribution is 2.28. The van der Waals surface area contributed by atoms with Crippen LogP contribution in [0.3, 0.4) is 0 Å². The van der Waals surface area contributed by atoms with Gasteiger partial charge in [0.25, 0.3) is 10.0 Å². The molecule has 2 N–H and O–H groups in total. The number of hydrogen-bond acceptors (Lipinski definition) is 6. The number of anilines is 1. The second-order valence-electron chi connectivity index (χ2n) is 5.34. The molecule has 0 radical (unpaired) electrons. The van der Waals surface area contributed by atoms with E-state index in [0.29, 0.717) is 0 Å². The van der Waals surface area contributed by atoms with E-state index in [1.165, 1.54) is 38.4 Å². The average molecular weight is 406 g/mol. The molecule has 0 unspecified atom stereocenters. The van der Waals surface area contributed by atoms with Crippen LogP contribution in [0, 0.1) is 0 Å². The summed E-state index contributed by atoms with van der Waals surface area (Å²) in [4.78, 5) is 14.9. The zero-order valence-electron chi connectivity index (χ0n) is 14.4. The van der Waals surface area contributed by atoms with E-state index in [-0.39, 0.29) is 29.6 Å². The Balaban J connectivity index is 1.97. The second-order valence-corrected chi connectivity index (χ2v) is 7.05. The third kappa shape index (κ3) is 4.98. The van der Waals surface area contributed by atoms with E-state index in [1.54, 1.807) is 0 Å². The summed E-state index contributed by atoms with van der Waals surface area (Å²) >= 11 is 0. The van der Waals surface area contributed by atoms with Crippen LogP contribution in [0.4, 0.5) is 19.0 Å². The number of carbonyl (C=O) groups is 1. The highest BCUT2D eigenvalue weighted by atomic mass is 32.2. The molecule has 27 heavy (non-hydrogen) atoms. The van der Waals surface area contributed by atoms with Gasteiger partial charge < -0.3 is 14.6 Å². The topological polar surface area (TPSA) is 102 Å². The van der Waals surface area contributed by atoms with Crippen LogP contribution in [0.5, 0.6) is 0 Å². The van der Waals surface area contributed by atoms with E-state index in [0.717, 1.165) is 10.6 Å². The first kappa shape index (κ1) is 20.7. The standard InChI is InChI=1S/C15H17F3N4O4S/c1-22-10(14(23)26-2)6-7-13(22)27(24,25)20-9-8-19-12-5-3-4-11(21-12)15(16,17)18/h3-7,20H,8-9H2,1-2H3,(H,19,21). The van der Waals surface area contributed by atoms with Crippen LogP contribution in [0.25, 0.3) is 0 Å². The Bertz CT molecular complexity index is 925. The fourth-order valence-corrected chi connectivity index (χ4v) is 3.44. The van der Waals surface area contributed by atoms with Gasteiger partial charge in [-0.05, 0) is 24.3 Å². The van der Waals surface area contributed by atoms with E-state index in [2.05, 4.69) is 19.8 Å². The first-order valence-corrected chi connectivity index (χ1v) is 9.06. The SMILES string of the molecule is COC(=O)c1ccc(S(=O)(=O)NCCNc2cccc(C(F)(F)F)n2)n1C. The molecule has 0 aliphatic carbocycles. The van der Waals surface area contributed by atoms with Crippen LogP contribution in [-0.4, -0.2) is 44.1 Å². The summed E-state index contributed by atoms with van der Waals surface area (Å²) in [5, 5.41) is 2.46. The number of ether oxygens (including phenoxy) is 1. The minimum absolute atomic E-state index is 0.00181. The Morgan fingerprint density at radius 3 is 2.56 bits per heavy atom. The maximum absolute atomic E-state index is 12.6. The lowest BCUT2D eigenvalue weighted by molar-refractivity contribution is -0.141. The van der Waals surface area contributed by atoms with Crippen LogP contribution < -0.4 is 10.0 Å². The quantitative estimate of drug-likeness (QED) is 0.535. The fraction of sp³-hybridized carbons (Fsp3) is 0.333. The smallest absolute Gasteiger partial charge is 0.433 e. The summed E-state index contributed by atoms with van der Waals surface area (Å²) in [6.45, 7) is -0.110. The summed E-state index contributed by atoms with van der Waals surface area (Å²) < 4.78 is 70.4. The molecule has 0 spiro atoms. The molecule has 2 heterocycles. The number of nitrogens with zero attached hydrogens (tertiary/aromatic N) is 2. The lowest BCUT2D eigenvalue weighted by atomic mass is 10.3. The van der Waals surface area contributed by atoms with E-state index in [4.69, 9.17) is 0 Å². The molecule has 0 atom stereocenters. The number of carbonyl (C=O) groups excluding carboxylic acids is 1. The van der Waals surface area contributed by atoms with E-state index in [9.17, 15) is 26.4 Å². The van der Waals surface area contributed by atoms with Crippen molar-refractivity contribution in [3.8, 4) is 0 Å². The van der Waals surface area contributed by atoms with E-state index in [1.807, 2.05) is 0 Å². The molecule has 0 aliphatic rings. The molecule has 0 aromatic carbocycles. The number of halogens is 3. The number of pyridine rings is 1. The Morgan fingerprint density at radius 2 is 1.93 bits per heavy atom. The van der Waals surface area contributed by atoms with Crippen LogP contribution in [0.15, 0.2) is 35.4 Å². The molecule has 8 nitrogen and oxygen atoms in total. The predicted molar refractivity (Wildman–Crippen MR) is 89.7 cm³/mol. The molecule has 2 aromatic heterocycles. The first-order valence-electron chi connectivity index (χ1n) is 7.58. The number of hydrogen-bond donors (Lipinski definition) is 2. The zero-order chi connectivity index (χ0) is 20.2. The molecule has 0 saturated carbocycles. The van der Waals surface area contributed by atoms with E-state index >= 15 is 0 Å². The van der Waals surface area contributed by atoms with Crippen molar-refractivity contribution in [1.29, 1.82) is 0 Å². The van der Waals surface area contributed by atoms with Gasteiger partial charge in [0.05, 0.1) is 7.11 Å². The monoisotopic (exact) mass is 406 g/mol. The van der Waals surface area contributed by atoms with Gasteiger partial charge in [-0.15, -0.1) is 0 Å². The maximum atomic E-state index is 12.6. The molecule has 0 bridgehead atoms. The van der Waals surface area contributed by atoms with Gasteiger partial charge >= 0.3 is 12.1 Å². The van der Waals surface area contributed by atoms with Gasteiger partial charge in [0.2, 0.25) is 0 Å². The highest BCUT2D eigenvalue weighted by Gasteiger charge is 2.32. The molecule has 0 aliphatic heterocycles. The van der Waals surface area contributed by atoms with Crippen LogP contribution >= 0.6 is 0 Å². The van der Waals surface area contributed by atoms with Crippen molar-refractivity contribution in [3.05, 3.63) is 41.7 Å². The maximum Gasteiger partial charge on any atom is 0.433 e. The molecule has 2 rings (SSSR count). The Hall–Kier alpha value is -2.60. The second kappa shape index (κ2) is 7.96. The largest absolute Gasteiger partial charge is 0.464 e. The van der Waals surface area contributed by atoms with Crippen molar-refractivity contribution < 1.29 is 31.1 Å². The number of aromatic nitrogens is 2. The van der Waals surface area contributed by atoms with Gasteiger partial charge in [-0.2, -0.15) is 13.2 Å².